The Bertz CT molecular complexity index is 1280. The van der Waals surface area contributed by atoms with Gasteiger partial charge in [-0.3, -0.25) is 9.59 Å². The van der Waals surface area contributed by atoms with Crippen LogP contribution >= 0.6 is 0 Å². The fourth-order valence-corrected chi connectivity index (χ4v) is 5.10. The average molecular weight is 439 g/mol. The number of sulfonamides is 1. The molecule has 1 aliphatic heterocycles. The zero-order chi connectivity index (χ0) is 22.0. The van der Waals surface area contributed by atoms with Crippen LogP contribution < -0.4 is 10.7 Å². The van der Waals surface area contributed by atoms with Crippen LogP contribution in [0.15, 0.2) is 70.4 Å². The summed E-state index contributed by atoms with van der Waals surface area (Å²) in [6, 6.07) is 16.5. The van der Waals surface area contributed by atoms with Crippen molar-refractivity contribution in [1.82, 2.24) is 14.1 Å². The minimum atomic E-state index is -3.62. The van der Waals surface area contributed by atoms with E-state index in [1.165, 1.54) is 27.2 Å². The number of rotatable bonds is 5. The number of aromatic nitrogens is 2. The monoisotopic (exact) mass is 438 g/mol. The Balaban J connectivity index is 1.63. The number of benzene rings is 2. The van der Waals surface area contributed by atoms with Gasteiger partial charge in [0.2, 0.25) is 15.5 Å². The molecule has 3 aromatic rings. The molecule has 0 radical (unpaired) electrons. The number of anilines is 1. The van der Waals surface area contributed by atoms with Crippen molar-refractivity contribution in [3.8, 4) is 5.69 Å². The van der Waals surface area contributed by atoms with Gasteiger partial charge < -0.3 is 5.32 Å². The highest BCUT2D eigenvalue weighted by Crippen LogP contribution is 2.23. The lowest BCUT2D eigenvalue weighted by atomic mass is 10.2. The van der Waals surface area contributed by atoms with E-state index in [1.54, 1.807) is 19.1 Å². The molecule has 1 amide bonds. The third kappa shape index (κ3) is 4.28. The molecule has 0 unspecified atom stereocenters. The van der Waals surface area contributed by atoms with E-state index in [4.69, 9.17) is 0 Å². The molecule has 8 nitrogen and oxygen atoms in total. The summed E-state index contributed by atoms with van der Waals surface area (Å²) < 4.78 is 28.5. The maximum absolute atomic E-state index is 12.8. The summed E-state index contributed by atoms with van der Waals surface area (Å²) in [6.07, 6.45) is 1.67. The van der Waals surface area contributed by atoms with E-state index >= 15 is 0 Å². The maximum atomic E-state index is 12.8. The second-order valence-electron chi connectivity index (χ2n) is 7.34. The Kier molecular flexibility index (Phi) is 5.71. The molecule has 2 aromatic carbocycles. The largest absolute Gasteiger partial charge is 0.320 e. The summed E-state index contributed by atoms with van der Waals surface area (Å²) in [6.45, 7) is 2.71. The van der Waals surface area contributed by atoms with Gasteiger partial charge in [-0.1, -0.05) is 24.3 Å². The quantitative estimate of drug-likeness (QED) is 0.660. The summed E-state index contributed by atoms with van der Waals surface area (Å²) in [7, 11) is -3.62. The van der Waals surface area contributed by atoms with Gasteiger partial charge in [0.05, 0.1) is 10.6 Å². The van der Waals surface area contributed by atoms with Gasteiger partial charge in [-0.15, -0.1) is 0 Å². The van der Waals surface area contributed by atoms with Crippen LogP contribution in [0.4, 0.5) is 5.69 Å². The third-order valence-corrected chi connectivity index (χ3v) is 7.01. The van der Waals surface area contributed by atoms with Crippen molar-refractivity contribution < 1.29 is 13.2 Å². The van der Waals surface area contributed by atoms with Crippen molar-refractivity contribution in [2.45, 2.75) is 24.7 Å². The van der Waals surface area contributed by atoms with Crippen LogP contribution in [0.2, 0.25) is 0 Å². The predicted octanol–water partition coefficient (Wildman–Crippen LogP) is 2.58. The third-order valence-electron chi connectivity index (χ3n) is 5.12. The summed E-state index contributed by atoms with van der Waals surface area (Å²) in [5.74, 6) is -0.703. The number of nitrogens with one attached hydrogen (secondary N) is 1. The van der Waals surface area contributed by atoms with Crippen molar-refractivity contribution in [2.24, 2.45) is 0 Å². The Hall–Kier alpha value is -3.30. The number of hydrogen-bond acceptors (Lipinski definition) is 5. The first-order valence-corrected chi connectivity index (χ1v) is 11.4. The number of carbonyl (C=O) groups excluding carboxylic acids is 1. The lowest BCUT2D eigenvalue weighted by Gasteiger charge is -2.16. The minimum Gasteiger partial charge on any atom is -0.320 e. The van der Waals surface area contributed by atoms with Crippen LogP contribution in [0.1, 0.15) is 29.0 Å². The first-order valence-electron chi connectivity index (χ1n) is 9.94. The highest BCUT2D eigenvalue weighted by molar-refractivity contribution is 7.89. The molecule has 0 atom stereocenters. The van der Waals surface area contributed by atoms with Crippen LogP contribution in [0, 0.1) is 6.92 Å². The van der Waals surface area contributed by atoms with Crippen LogP contribution in [0.3, 0.4) is 0 Å². The molecule has 31 heavy (non-hydrogen) atoms. The second-order valence-corrected chi connectivity index (χ2v) is 9.28. The van der Waals surface area contributed by atoms with Crippen molar-refractivity contribution in [3.63, 3.8) is 0 Å². The molecule has 160 valence electrons. The molecule has 2 heterocycles. The van der Waals surface area contributed by atoms with Crippen molar-refractivity contribution in [1.29, 1.82) is 0 Å². The average Bonchev–Trinajstić information content (AvgIpc) is 3.30. The Morgan fingerprint density at radius 2 is 1.71 bits per heavy atom. The number of nitrogens with zero attached hydrogens (tertiary/aromatic N) is 3. The Morgan fingerprint density at radius 3 is 2.42 bits per heavy atom. The Morgan fingerprint density at radius 1 is 1.00 bits per heavy atom. The van der Waals surface area contributed by atoms with Gasteiger partial charge in [0.15, 0.2) is 5.69 Å². The Labute approximate surface area is 180 Å². The first kappa shape index (κ1) is 21.0. The van der Waals surface area contributed by atoms with Crippen molar-refractivity contribution >= 4 is 21.6 Å². The molecular weight excluding hydrogens is 416 g/mol. The summed E-state index contributed by atoms with van der Waals surface area (Å²) in [5, 5.41) is 6.84. The summed E-state index contributed by atoms with van der Waals surface area (Å²) in [5.41, 5.74) is 0.794. The van der Waals surface area contributed by atoms with Gasteiger partial charge in [-0.2, -0.15) is 9.40 Å². The van der Waals surface area contributed by atoms with E-state index < -0.39 is 21.4 Å². The van der Waals surface area contributed by atoms with E-state index in [0.717, 1.165) is 12.8 Å². The fourth-order valence-electron chi connectivity index (χ4n) is 3.54. The lowest BCUT2D eigenvalue weighted by molar-refractivity contribution is 0.101. The normalized spacial score (nSPS) is 14.5. The molecule has 0 aliphatic carbocycles. The number of hydrogen-bond donors (Lipinski definition) is 1. The van der Waals surface area contributed by atoms with Crippen molar-refractivity contribution in [2.75, 3.05) is 18.4 Å². The van der Waals surface area contributed by atoms with E-state index in [9.17, 15) is 18.0 Å². The zero-order valence-corrected chi connectivity index (χ0v) is 17.8. The molecule has 1 aliphatic rings. The van der Waals surface area contributed by atoms with Gasteiger partial charge in [-0.05, 0) is 50.1 Å². The van der Waals surface area contributed by atoms with Crippen LogP contribution in [0.5, 0.6) is 0 Å². The molecular formula is C22H22N4O4S. The first-order chi connectivity index (χ1) is 14.9. The van der Waals surface area contributed by atoms with E-state index in [-0.39, 0.29) is 16.3 Å². The molecule has 9 heteroatoms. The van der Waals surface area contributed by atoms with E-state index in [1.807, 2.05) is 30.3 Å². The van der Waals surface area contributed by atoms with Crippen LogP contribution in [-0.2, 0) is 10.0 Å². The summed E-state index contributed by atoms with van der Waals surface area (Å²) >= 11 is 0. The molecule has 1 N–H and O–H groups in total. The van der Waals surface area contributed by atoms with E-state index in [0.29, 0.717) is 24.5 Å². The maximum Gasteiger partial charge on any atom is 0.280 e. The highest BCUT2D eigenvalue weighted by atomic mass is 32.2. The lowest BCUT2D eigenvalue weighted by Crippen LogP contribution is -2.28. The fraction of sp³-hybridized carbons (Fsp3) is 0.227. The molecule has 1 fully saturated rings. The van der Waals surface area contributed by atoms with Gasteiger partial charge in [-0.25, -0.2) is 13.1 Å². The molecule has 1 saturated heterocycles. The summed E-state index contributed by atoms with van der Waals surface area (Å²) in [4.78, 5) is 25.3. The minimum absolute atomic E-state index is 0.103. The van der Waals surface area contributed by atoms with Crippen LogP contribution in [0.25, 0.3) is 5.69 Å². The van der Waals surface area contributed by atoms with Crippen molar-refractivity contribution in [3.05, 3.63) is 82.3 Å². The predicted molar refractivity (Wildman–Crippen MR) is 117 cm³/mol. The molecule has 0 spiro atoms. The van der Waals surface area contributed by atoms with E-state index in [2.05, 4.69) is 10.4 Å². The SMILES string of the molecule is Cc1cc(=O)c(C(=O)Nc2cccc(S(=O)(=O)N3CCCC3)c2)nn1-c1ccccc1. The number of carbonyl (C=O) groups is 1. The molecule has 4 rings (SSSR count). The highest BCUT2D eigenvalue weighted by Gasteiger charge is 2.27. The number of para-hydroxylation sites is 1. The topological polar surface area (TPSA) is 101 Å². The van der Waals surface area contributed by atoms with Gasteiger partial charge in [0, 0.05) is 30.5 Å². The second kappa shape index (κ2) is 8.44. The standard InChI is InChI=1S/C22H22N4O4S/c1-16-14-20(27)21(24-26(16)18-9-3-2-4-10-18)22(28)23-17-8-7-11-19(15-17)31(29,30)25-12-5-6-13-25/h2-4,7-11,14-15H,5-6,12-13H2,1H3,(H,23,28). The van der Waals surface area contributed by atoms with Gasteiger partial charge >= 0.3 is 0 Å². The number of amides is 1. The van der Waals surface area contributed by atoms with Crippen LogP contribution in [-0.4, -0.2) is 41.5 Å². The molecule has 0 bridgehead atoms. The zero-order valence-electron chi connectivity index (χ0n) is 17.0. The van der Waals surface area contributed by atoms with Gasteiger partial charge in [0.1, 0.15) is 0 Å². The number of aryl methyl sites for hydroxylation is 1. The smallest absolute Gasteiger partial charge is 0.280 e. The van der Waals surface area contributed by atoms with Gasteiger partial charge in [0.25, 0.3) is 5.91 Å². The molecule has 1 aromatic heterocycles. The molecule has 0 saturated carbocycles.